The lowest BCUT2D eigenvalue weighted by Crippen LogP contribution is -2.63. The Kier molecular flexibility index (Phi) is 6.47. The molecule has 0 aromatic carbocycles. The zero-order chi connectivity index (χ0) is 22.7. The Hall–Kier alpha value is -0.380. The summed E-state index contributed by atoms with van der Waals surface area (Å²) in [6.07, 6.45) is 8.11. The molecule has 0 spiro atoms. The second-order valence-corrected chi connectivity index (χ2v) is 12.9. The van der Waals surface area contributed by atoms with Crippen molar-refractivity contribution in [2.45, 2.75) is 111 Å². The van der Waals surface area contributed by atoms with Gasteiger partial charge >= 0.3 is 0 Å². The van der Waals surface area contributed by atoms with Gasteiger partial charge in [-0.3, -0.25) is 0 Å². The van der Waals surface area contributed by atoms with Crippen molar-refractivity contribution in [2.24, 2.45) is 52.3 Å². The van der Waals surface area contributed by atoms with E-state index in [-0.39, 0.29) is 29.0 Å². The molecule has 0 unspecified atom stereocenters. The van der Waals surface area contributed by atoms with Gasteiger partial charge in [-0.15, -0.1) is 0 Å². The molecule has 11 atom stereocenters. The van der Waals surface area contributed by atoms with Gasteiger partial charge in [0.15, 0.2) is 0 Å². The molecule has 4 saturated carbocycles. The van der Waals surface area contributed by atoms with E-state index >= 15 is 0 Å². The van der Waals surface area contributed by atoms with Gasteiger partial charge in [-0.05, 0) is 105 Å². The Bertz CT molecular complexity index is 673. The van der Waals surface area contributed by atoms with Crippen molar-refractivity contribution in [3.63, 3.8) is 0 Å². The third-order valence-electron chi connectivity index (χ3n) is 11.2. The van der Waals surface area contributed by atoms with Crippen molar-refractivity contribution in [2.75, 3.05) is 0 Å². The summed E-state index contributed by atoms with van der Waals surface area (Å²) >= 11 is 0. The van der Waals surface area contributed by atoms with Crippen LogP contribution in [-0.4, -0.2) is 33.6 Å². The Labute approximate surface area is 190 Å². The quantitative estimate of drug-likeness (QED) is 0.497. The Morgan fingerprint density at radius 1 is 1.00 bits per heavy atom. The van der Waals surface area contributed by atoms with Gasteiger partial charge in [0, 0.05) is 5.41 Å². The molecule has 4 aliphatic carbocycles. The summed E-state index contributed by atoms with van der Waals surface area (Å²) in [5.74, 6) is 3.61. The molecule has 3 heteroatoms. The summed E-state index contributed by atoms with van der Waals surface area (Å²) in [5, 5.41) is 33.0. The summed E-state index contributed by atoms with van der Waals surface area (Å²) in [6.45, 7) is 15.9. The van der Waals surface area contributed by atoms with E-state index in [0.717, 1.165) is 32.1 Å². The third kappa shape index (κ3) is 3.75. The van der Waals surface area contributed by atoms with Crippen molar-refractivity contribution in [1.82, 2.24) is 0 Å². The molecule has 4 rings (SSSR count). The first kappa shape index (κ1) is 23.8. The lowest BCUT2D eigenvalue weighted by atomic mass is 9.43. The fourth-order valence-electron chi connectivity index (χ4n) is 9.29. The number of hydrogen-bond acceptors (Lipinski definition) is 3. The molecule has 3 N–H and O–H groups in total. The minimum absolute atomic E-state index is 0.182. The molecule has 31 heavy (non-hydrogen) atoms. The molecule has 0 aromatic heterocycles. The van der Waals surface area contributed by atoms with E-state index in [1.165, 1.54) is 24.8 Å². The first-order valence-electron chi connectivity index (χ1n) is 13.2. The standard InChI is InChI=1S/C28H48O3/c1-16(2)17(3)7-8-18(4)22-11-12-23-21-10-9-19-13-20(29)14-25(31)28(19,6)26(21)24(30)15-27(22,23)5/h16,18-26,29-31H,3,7-15H2,1-2,4-6H3/t18-,19+,20-,21+,22-,23+,24-,25+,26-,27-,28-/m1/s1. The number of fused-ring (bicyclic) bond motifs is 5. The lowest BCUT2D eigenvalue weighted by molar-refractivity contribution is -0.216. The summed E-state index contributed by atoms with van der Waals surface area (Å²) in [7, 11) is 0. The number of hydrogen-bond donors (Lipinski definition) is 3. The highest BCUT2D eigenvalue weighted by atomic mass is 16.3. The van der Waals surface area contributed by atoms with E-state index in [1.807, 2.05) is 0 Å². The molecule has 178 valence electrons. The summed E-state index contributed by atoms with van der Waals surface area (Å²) in [5.41, 5.74) is 1.33. The molecule has 0 aliphatic heterocycles. The Morgan fingerprint density at radius 2 is 1.71 bits per heavy atom. The normalized spacial score (nSPS) is 50.5. The van der Waals surface area contributed by atoms with Crippen LogP contribution in [0.2, 0.25) is 0 Å². The van der Waals surface area contributed by atoms with Gasteiger partial charge < -0.3 is 15.3 Å². The second kappa shape index (κ2) is 8.44. The summed E-state index contributed by atoms with van der Waals surface area (Å²) in [4.78, 5) is 0. The Morgan fingerprint density at radius 3 is 2.39 bits per heavy atom. The fraction of sp³-hybridized carbons (Fsp3) is 0.929. The van der Waals surface area contributed by atoms with Crippen molar-refractivity contribution in [1.29, 1.82) is 0 Å². The average Bonchev–Trinajstić information content (AvgIpc) is 3.03. The van der Waals surface area contributed by atoms with Crippen LogP contribution in [0, 0.1) is 52.3 Å². The van der Waals surface area contributed by atoms with Crippen LogP contribution < -0.4 is 0 Å². The van der Waals surface area contributed by atoms with E-state index in [4.69, 9.17) is 0 Å². The molecule has 0 aromatic rings. The van der Waals surface area contributed by atoms with Gasteiger partial charge in [0.1, 0.15) is 0 Å². The zero-order valence-electron chi connectivity index (χ0n) is 20.7. The minimum atomic E-state index is -0.494. The van der Waals surface area contributed by atoms with Crippen LogP contribution in [0.15, 0.2) is 12.2 Å². The maximum Gasteiger partial charge on any atom is 0.0624 e. The van der Waals surface area contributed by atoms with Crippen molar-refractivity contribution in [3.8, 4) is 0 Å². The molecule has 4 aliphatic rings. The smallest absolute Gasteiger partial charge is 0.0624 e. The molecular weight excluding hydrogens is 384 g/mol. The minimum Gasteiger partial charge on any atom is -0.393 e. The van der Waals surface area contributed by atoms with Crippen LogP contribution in [0.4, 0.5) is 0 Å². The molecule has 0 saturated heterocycles. The number of allylic oxidation sites excluding steroid dienone is 1. The van der Waals surface area contributed by atoms with Crippen molar-refractivity contribution in [3.05, 3.63) is 12.2 Å². The highest BCUT2D eigenvalue weighted by Gasteiger charge is 2.65. The van der Waals surface area contributed by atoms with E-state index in [1.54, 1.807) is 0 Å². The van der Waals surface area contributed by atoms with Gasteiger partial charge in [-0.1, -0.05) is 46.8 Å². The second-order valence-electron chi connectivity index (χ2n) is 12.9. The molecule has 0 amide bonds. The van der Waals surface area contributed by atoms with Gasteiger partial charge in [0.05, 0.1) is 18.3 Å². The van der Waals surface area contributed by atoms with Crippen LogP contribution in [-0.2, 0) is 0 Å². The van der Waals surface area contributed by atoms with Crippen LogP contribution in [0.3, 0.4) is 0 Å². The van der Waals surface area contributed by atoms with Crippen molar-refractivity contribution >= 4 is 0 Å². The largest absolute Gasteiger partial charge is 0.393 e. The third-order valence-corrected chi connectivity index (χ3v) is 11.2. The van der Waals surface area contributed by atoms with Gasteiger partial charge in [0.25, 0.3) is 0 Å². The van der Waals surface area contributed by atoms with Crippen molar-refractivity contribution < 1.29 is 15.3 Å². The van der Waals surface area contributed by atoms with Crippen LogP contribution in [0.25, 0.3) is 0 Å². The SMILES string of the molecule is C=C(CC[C@@H](C)[C@H]1CC[C@H]2[C@@H]3CC[C@H]4C[C@@H](O)C[C@H](O)[C@]4(C)[C@H]3[C@H](O)C[C@]12C)C(C)C. The van der Waals surface area contributed by atoms with E-state index in [2.05, 4.69) is 41.2 Å². The van der Waals surface area contributed by atoms with E-state index < -0.39 is 6.10 Å². The van der Waals surface area contributed by atoms with Gasteiger partial charge in [0.2, 0.25) is 0 Å². The lowest BCUT2D eigenvalue weighted by Gasteiger charge is -2.63. The molecule has 4 fully saturated rings. The highest BCUT2D eigenvalue weighted by molar-refractivity contribution is 5.14. The molecule has 0 radical (unpaired) electrons. The van der Waals surface area contributed by atoms with Crippen LogP contribution >= 0.6 is 0 Å². The van der Waals surface area contributed by atoms with Crippen LogP contribution in [0.5, 0.6) is 0 Å². The maximum absolute atomic E-state index is 11.6. The van der Waals surface area contributed by atoms with E-state index in [0.29, 0.717) is 41.9 Å². The Balaban J connectivity index is 1.54. The van der Waals surface area contributed by atoms with Gasteiger partial charge in [-0.25, -0.2) is 0 Å². The highest BCUT2D eigenvalue weighted by Crippen LogP contribution is 2.68. The predicted molar refractivity (Wildman–Crippen MR) is 126 cm³/mol. The van der Waals surface area contributed by atoms with Crippen LogP contribution in [0.1, 0.15) is 92.4 Å². The monoisotopic (exact) mass is 432 g/mol. The average molecular weight is 433 g/mol. The number of rotatable bonds is 5. The fourth-order valence-corrected chi connectivity index (χ4v) is 9.29. The molecule has 0 bridgehead atoms. The topological polar surface area (TPSA) is 60.7 Å². The summed E-state index contributed by atoms with van der Waals surface area (Å²) in [6, 6.07) is 0. The number of aliphatic hydroxyl groups is 3. The van der Waals surface area contributed by atoms with E-state index in [9.17, 15) is 15.3 Å². The van der Waals surface area contributed by atoms with Gasteiger partial charge in [-0.2, -0.15) is 0 Å². The molecule has 3 nitrogen and oxygen atoms in total. The summed E-state index contributed by atoms with van der Waals surface area (Å²) < 4.78 is 0. The predicted octanol–water partition coefficient (Wildman–Crippen LogP) is 5.58. The first-order valence-corrected chi connectivity index (χ1v) is 13.2. The first-order chi connectivity index (χ1) is 14.5. The maximum atomic E-state index is 11.6. The zero-order valence-corrected chi connectivity index (χ0v) is 20.7. The molecule has 0 heterocycles. The number of aliphatic hydroxyl groups excluding tert-OH is 3. The molecular formula is C28H48O3.